The summed E-state index contributed by atoms with van der Waals surface area (Å²) in [4.78, 5) is 25.6. The molecule has 13 unspecified atom stereocenters. The van der Waals surface area contributed by atoms with Gasteiger partial charge in [-0.3, -0.25) is 4.90 Å². The molecule has 0 aromatic rings. The van der Waals surface area contributed by atoms with Crippen molar-refractivity contribution in [3.05, 3.63) is 5.32 Å². The summed E-state index contributed by atoms with van der Waals surface area (Å²) in [6.07, 6.45) is -13.1. The van der Waals surface area contributed by atoms with Crippen molar-refractivity contribution in [3.63, 3.8) is 0 Å². The van der Waals surface area contributed by atoms with E-state index in [9.17, 15) is 65.8 Å². The summed E-state index contributed by atoms with van der Waals surface area (Å²) in [7, 11) is 0. The molecule has 0 spiro atoms. The monoisotopic (exact) mass is 1170 g/mol. The van der Waals surface area contributed by atoms with Crippen LogP contribution in [0.4, 0.5) is 0 Å². The van der Waals surface area contributed by atoms with Crippen LogP contribution in [-0.2, 0) is 72.6 Å². The van der Waals surface area contributed by atoms with E-state index in [1.165, 1.54) is 4.90 Å². The molecule has 13 atom stereocenters. The predicted octanol–water partition coefficient (Wildman–Crippen LogP) is -6.50. The quantitative estimate of drug-likeness (QED) is 0.0200. The minimum atomic E-state index is -1.70. The van der Waals surface area contributed by atoms with Crippen LogP contribution in [0.3, 0.4) is 0 Å². The number of amides is 1. The second-order valence-corrected chi connectivity index (χ2v) is 16.9. The third kappa shape index (κ3) is 31.2. The molecule has 0 aromatic carbocycles. The second-order valence-electron chi connectivity index (χ2n) is 16.9. The number of ether oxygens (including phenoxy) is 9. The third-order valence-electron chi connectivity index (χ3n) is 9.95. The van der Waals surface area contributed by atoms with Gasteiger partial charge >= 0.3 is 5.97 Å². The summed E-state index contributed by atoms with van der Waals surface area (Å²) >= 11 is 0. The summed E-state index contributed by atoms with van der Waals surface area (Å²) in [6.45, 7) is -0.417. The number of rotatable bonds is 42. The first-order valence-electron chi connectivity index (χ1n) is 22.2. The van der Waals surface area contributed by atoms with Gasteiger partial charge in [0.1, 0.15) is 61.2 Å². The number of esters is 1. The van der Waals surface area contributed by atoms with E-state index < -0.39 is 117 Å². The van der Waals surface area contributed by atoms with Gasteiger partial charge in [0, 0.05) is 39.8 Å². The number of nitrogens with zero attached hydrogens (tertiary/aromatic N) is 2. The van der Waals surface area contributed by atoms with Gasteiger partial charge < -0.3 is 119 Å². The number of aliphatic hydroxyl groups excluding tert-OH is 13. The molecule has 1 fully saturated rings. The number of hydrogen-bond acceptors (Lipinski definition) is 25. The van der Waals surface area contributed by atoms with Crippen molar-refractivity contribution in [2.75, 3.05) is 132 Å². The molecule has 1 rings (SSSR count). The van der Waals surface area contributed by atoms with Crippen LogP contribution >= 0.6 is 0 Å². The van der Waals surface area contributed by atoms with Crippen LogP contribution in [-0.4, -0.2) is 294 Å². The zero-order valence-electron chi connectivity index (χ0n) is 39.2. The minimum absolute atomic E-state index is 0. The van der Waals surface area contributed by atoms with Crippen LogP contribution in [0.15, 0.2) is 0 Å². The van der Waals surface area contributed by atoms with Gasteiger partial charge in [-0.05, 0) is 26.8 Å². The minimum Gasteiger partial charge on any atom is -0.650 e. The first-order valence-corrected chi connectivity index (χ1v) is 22.2. The summed E-state index contributed by atoms with van der Waals surface area (Å²) in [5, 5.41) is 133. The third-order valence-corrected chi connectivity index (χ3v) is 9.95. The number of aliphatic hydroxyl groups is 13. The largest absolute Gasteiger partial charge is 0.650 e. The molecular formula is C41H79N2O24Re-. The summed E-state index contributed by atoms with van der Waals surface area (Å²) in [5.74, 6) is -1.70. The molecule has 68 heavy (non-hydrogen) atoms. The molecule has 27 heteroatoms. The molecule has 1 saturated heterocycles. The predicted molar refractivity (Wildman–Crippen MR) is 229 cm³/mol. The van der Waals surface area contributed by atoms with Crippen LogP contribution in [0.5, 0.6) is 0 Å². The average Bonchev–Trinajstić information content (AvgIpc) is 3.28. The van der Waals surface area contributed by atoms with Crippen LogP contribution in [0.1, 0.15) is 40.0 Å². The number of hydrogen-bond donors (Lipinski definition) is 13. The number of carbonyl (C=O) groups excluding carboxylic acids is 2. The van der Waals surface area contributed by atoms with E-state index in [-0.39, 0.29) is 139 Å². The van der Waals surface area contributed by atoms with Gasteiger partial charge in [-0.25, -0.2) is 4.79 Å². The van der Waals surface area contributed by atoms with Crippen molar-refractivity contribution in [2.45, 2.75) is 119 Å². The van der Waals surface area contributed by atoms with E-state index >= 15 is 0 Å². The molecule has 1 aliphatic heterocycles. The molecule has 1 heterocycles. The zero-order valence-corrected chi connectivity index (χ0v) is 41.9. The van der Waals surface area contributed by atoms with Crippen molar-refractivity contribution in [2.24, 2.45) is 0 Å². The average molecular weight is 1170 g/mol. The fourth-order valence-corrected chi connectivity index (χ4v) is 5.98. The Labute approximate surface area is 410 Å². The van der Waals surface area contributed by atoms with Crippen LogP contribution in [0.2, 0.25) is 0 Å². The standard InChI is InChI=1S/C41H80N2O24.Re/c1-4-40(2,7-27(46)23-66-41(3)8-35(54)39(58)65-26-41)67-24-36(55)38(57)42-5-6-43(37(56)25-64-22-34(53)21-63-20-33(52)17-61-14-30(49)11-45)9-28(47)12-59-15-31(50)18-62-19-32(51)16-60-13-29(48)10-44;/h27-37,44-56H,4-26H2,1-3H3,(H,42,57);/p-1. The van der Waals surface area contributed by atoms with E-state index in [1.54, 1.807) is 20.8 Å². The van der Waals surface area contributed by atoms with Gasteiger partial charge in [0.2, 0.25) is 0 Å². The Morgan fingerprint density at radius 1 is 0.691 bits per heavy atom. The molecule has 0 aromatic heterocycles. The molecule has 1 aliphatic rings. The number of cyclic esters (lactones) is 1. The Balaban J connectivity index is 0.0000449. The van der Waals surface area contributed by atoms with Gasteiger partial charge in [-0.15, -0.1) is 6.54 Å². The zero-order chi connectivity index (χ0) is 50.4. The molecule has 0 aliphatic carbocycles. The van der Waals surface area contributed by atoms with Gasteiger partial charge in [0.25, 0.3) is 0 Å². The SMILES string of the molecule is CCC(C)(CC(O)COC1(C)COC(=O)C(O)C1)OCC(O)C(=O)[N-]CCN(CC(O)COCC(O)COCC(O)COCC(O)CO)C(O)COCC(O)COCC(O)COCC(O)CO.[Re]. The van der Waals surface area contributed by atoms with Gasteiger partial charge in [0.15, 0.2) is 6.10 Å². The first kappa shape index (κ1) is 66.7. The Kier molecular flexibility index (Phi) is 36.8. The van der Waals surface area contributed by atoms with Crippen LogP contribution in [0.25, 0.3) is 5.32 Å². The van der Waals surface area contributed by atoms with Crippen LogP contribution in [0, 0.1) is 0 Å². The molecule has 0 saturated carbocycles. The Hall–Kier alpha value is -1.28. The fourth-order valence-electron chi connectivity index (χ4n) is 5.98. The van der Waals surface area contributed by atoms with Crippen molar-refractivity contribution < 1.29 is 139 Å². The maximum Gasteiger partial charge on any atom is 0.335 e. The summed E-state index contributed by atoms with van der Waals surface area (Å²) in [6, 6.07) is 0. The van der Waals surface area contributed by atoms with Crippen molar-refractivity contribution in [1.82, 2.24) is 4.90 Å². The van der Waals surface area contributed by atoms with Crippen molar-refractivity contribution >= 4 is 11.9 Å². The molecule has 13 N–H and O–H groups in total. The molecule has 1 amide bonds. The van der Waals surface area contributed by atoms with Gasteiger partial charge in [-0.2, -0.15) is 0 Å². The molecule has 26 nitrogen and oxygen atoms in total. The molecule has 1 radical (unpaired) electrons. The molecule has 405 valence electrons. The van der Waals surface area contributed by atoms with Crippen molar-refractivity contribution in [1.29, 1.82) is 0 Å². The van der Waals surface area contributed by atoms with Gasteiger partial charge in [-0.1, -0.05) is 6.92 Å². The second kappa shape index (κ2) is 37.5. The Morgan fingerprint density at radius 3 is 1.54 bits per heavy atom. The van der Waals surface area contributed by atoms with E-state index in [0.717, 1.165) is 0 Å². The topological polar surface area (TPSA) is 398 Å². The maximum absolute atomic E-state index is 12.8. The van der Waals surface area contributed by atoms with E-state index in [1.807, 2.05) is 0 Å². The Bertz CT molecular complexity index is 1290. The van der Waals surface area contributed by atoms with E-state index in [0.29, 0.717) is 6.42 Å². The van der Waals surface area contributed by atoms with E-state index in [2.05, 4.69) is 5.32 Å². The van der Waals surface area contributed by atoms with Crippen molar-refractivity contribution in [3.8, 4) is 0 Å². The smallest absolute Gasteiger partial charge is 0.335 e. The normalized spacial score (nSPS) is 21.9. The summed E-state index contributed by atoms with van der Waals surface area (Å²) < 4.78 is 47.9. The summed E-state index contributed by atoms with van der Waals surface area (Å²) in [5.41, 5.74) is -2.03. The maximum atomic E-state index is 12.8. The molecular weight excluding hydrogens is 1090 g/mol. The Morgan fingerprint density at radius 2 is 1.12 bits per heavy atom. The van der Waals surface area contributed by atoms with Gasteiger partial charge in [0.05, 0.1) is 129 Å². The number of carbonyl (C=O) groups is 2. The first-order chi connectivity index (χ1) is 31.6. The molecule has 0 bridgehead atoms. The van der Waals surface area contributed by atoms with Crippen LogP contribution < -0.4 is 0 Å². The fraction of sp³-hybridized carbons (Fsp3) is 0.951. The van der Waals surface area contributed by atoms with E-state index in [4.69, 9.17) is 52.8 Å².